The minimum absolute atomic E-state index is 0.311. The van der Waals surface area contributed by atoms with Crippen LogP contribution in [0.15, 0.2) is 18.9 Å². The highest BCUT2D eigenvalue weighted by atomic mass is 16.3. The van der Waals surface area contributed by atoms with Crippen LogP contribution in [0.5, 0.6) is 0 Å². The van der Waals surface area contributed by atoms with Crippen molar-refractivity contribution in [3.63, 3.8) is 0 Å². The third kappa shape index (κ3) is 3.21. The standard InChI is InChI=1S/C14H23N3O/c1-3-6-17-10-14(12(2)15-17)9-16-7-4-5-13(8-16)11-18/h3,10,13,18H,1,4-9,11H2,2H3. The third-order valence-electron chi connectivity index (χ3n) is 3.62. The van der Waals surface area contributed by atoms with Gasteiger partial charge in [-0.1, -0.05) is 6.08 Å². The maximum Gasteiger partial charge on any atom is 0.0638 e. The van der Waals surface area contributed by atoms with Gasteiger partial charge in [0.15, 0.2) is 0 Å². The van der Waals surface area contributed by atoms with Gasteiger partial charge in [0.25, 0.3) is 0 Å². The summed E-state index contributed by atoms with van der Waals surface area (Å²) in [7, 11) is 0. The van der Waals surface area contributed by atoms with Crippen molar-refractivity contribution in [3.8, 4) is 0 Å². The molecular formula is C14H23N3O. The van der Waals surface area contributed by atoms with Crippen molar-refractivity contribution < 1.29 is 5.11 Å². The van der Waals surface area contributed by atoms with Crippen molar-refractivity contribution in [2.45, 2.75) is 32.9 Å². The highest BCUT2D eigenvalue weighted by Crippen LogP contribution is 2.19. The average Bonchev–Trinajstić information content (AvgIpc) is 2.70. The molecule has 0 spiro atoms. The second-order valence-corrected chi connectivity index (χ2v) is 5.18. The Bertz CT molecular complexity index is 400. The van der Waals surface area contributed by atoms with Gasteiger partial charge in [-0.2, -0.15) is 5.10 Å². The first-order valence-electron chi connectivity index (χ1n) is 6.70. The van der Waals surface area contributed by atoms with Crippen molar-refractivity contribution in [3.05, 3.63) is 30.1 Å². The number of aromatic nitrogens is 2. The summed E-state index contributed by atoms with van der Waals surface area (Å²) < 4.78 is 1.94. The molecule has 1 aliphatic heterocycles. The molecule has 0 bridgehead atoms. The number of hydrogen-bond donors (Lipinski definition) is 1. The molecule has 1 aromatic heterocycles. The summed E-state index contributed by atoms with van der Waals surface area (Å²) in [6, 6.07) is 0. The van der Waals surface area contributed by atoms with Crippen LogP contribution in [0.1, 0.15) is 24.1 Å². The molecule has 1 saturated heterocycles. The van der Waals surface area contributed by atoms with Crippen molar-refractivity contribution >= 4 is 0 Å². The molecule has 1 N–H and O–H groups in total. The first-order valence-corrected chi connectivity index (χ1v) is 6.70. The van der Waals surface area contributed by atoms with Crippen molar-refractivity contribution in [2.24, 2.45) is 5.92 Å². The van der Waals surface area contributed by atoms with Crippen LogP contribution >= 0.6 is 0 Å². The van der Waals surface area contributed by atoms with Crippen LogP contribution < -0.4 is 0 Å². The predicted molar refractivity (Wildman–Crippen MR) is 72.2 cm³/mol. The normalized spacial score (nSPS) is 21.1. The Morgan fingerprint density at radius 2 is 2.44 bits per heavy atom. The number of aryl methyl sites for hydroxylation is 1. The van der Waals surface area contributed by atoms with Gasteiger partial charge in [-0.3, -0.25) is 9.58 Å². The molecule has 2 heterocycles. The van der Waals surface area contributed by atoms with Crippen LogP contribution in [0, 0.1) is 12.8 Å². The van der Waals surface area contributed by atoms with Gasteiger partial charge in [-0.15, -0.1) is 6.58 Å². The lowest BCUT2D eigenvalue weighted by molar-refractivity contribution is 0.115. The number of likely N-dealkylation sites (tertiary alicyclic amines) is 1. The van der Waals surface area contributed by atoms with Crippen molar-refractivity contribution in [1.29, 1.82) is 0 Å². The molecular weight excluding hydrogens is 226 g/mol. The highest BCUT2D eigenvalue weighted by molar-refractivity contribution is 5.15. The molecule has 0 amide bonds. The molecule has 0 aliphatic carbocycles. The van der Waals surface area contributed by atoms with Gasteiger partial charge in [0, 0.05) is 31.5 Å². The van der Waals surface area contributed by atoms with E-state index in [-0.39, 0.29) is 0 Å². The van der Waals surface area contributed by atoms with Crippen molar-refractivity contribution in [2.75, 3.05) is 19.7 Å². The van der Waals surface area contributed by atoms with Gasteiger partial charge in [0.1, 0.15) is 0 Å². The first-order chi connectivity index (χ1) is 8.72. The Labute approximate surface area is 109 Å². The highest BCUT2D eigenvalue weighted by Gasteiger charge is 2.20. The van der Waals surface area contributed by atoms with E-state index in [1.54, 1.807) is 0 Å². The van der Waals surface area contributed by atoms with Crippen molar-refractivity contribution in [1.82, 2.24) is 14.7 Å². The van der Waals surface area contributed by atoms with Crippen LogP contribution in [-0.2, 0) is 13.1 Å². The van der Waals surface area contributed by atoms with E-state index in [1.165, 1.54) is 12.0 Å². The SMILES string of the molecule is C=CCn1cc(CN2CCCC(CO)C2)c(C)n1. The van der Waals surface area contributed by atoms with Gasteiger partial charge in [0.05, 0.1) is 12.2 Å². The van der Waals surface area contributed by atoms with Gasteiger partial charge < -0.3 is 5.11 Å². The minimum atomic E-state index is 0.311. The second-order valence-electron chi connectivity index (χ2n) is 5.18. The molecule has 1 fully saturated rings. The Balaban J connectivity index is 1.97. The summed E-state index contributed by atoms with van der Waals surface area (Å²) in [6.45, 7) is 9.94. The molecule has 2 rings (SSSR count). The van der Waals surface area contributed by atoms with Gasteiger partial charge in [-0.25, -0.2) is 0 Å². The topological polar surface area (TPSA) is 41.3 Å². The fourth-order valence-electron chi connectivity index (χ4n) is 2.62. The van der Waals surface area contributed by atoms with E-state index in [0.717, 1.165) is 38.3 Å². The first kappa shape index (κ1) is 13.3. The maximum absolute atomic E-state index is 9.25. The second kappa shape index (κ2) is 6.16. The maximum atomic E-state index is 9.25. The molecule has 100 valence electrons. The third-order valence-corrected chi connectivity index (χ3v) is 3.62. The van der Waals surface area contributed by atoms with Crippen LogP contribution in [0.2, 0.25) is 0 Å². The van der Waals surface area contributed by atoms with E-state index in [1.807, 2.05) is 10.8 Å². The van der Waals surface area contributed by atoms with E-state index in [2.05, 4.69) is 29.7 Å². The Kier molecular flexibility index (Phi) is 4.55. The van der Waals surface area contributed by atoms with E-state index in [4.69, 9.17) is 0 Å². The molecule has 0 radical (unpaired) electrons. The van der Waals surface area contributed by atoms with E-state index in [0.29, 0.717) is 12.5 Å². The molecule has 1 aromatic rings. The quantitative estimate of drug-likeness (QED) is 0.806. The van der Waals surface area contributed by atoms with Crippen LogP contribution in [-0.4, -0.2) is 39.5 Å². The Morgan fingerprint density at radius 3 is 3.17 bits per heavy atom. The largest absolute Gasteiger partial charge is 0.396 e. The molecule has 4 nitrogen and oxygen atoms in total. The molecule has 1 atom stereocenters. The van der Waals surface area contributed by atoms with Gasteiger partial charge >= 0.3 is 0 Å². The van der Waals surface area contributed by atoms with Gasteiger partial charge in [0.2, 0.25) is 0 Å². The zero-order valence-corrected chi connectivity index (χ0v) is 11.2. The summed E-state index contributed by atoms with van der Waals surface area (Å²) >= 11 is 0. The number of allylic oxidation sites excluding steroid dienone is 1. The van der Waals surface area contributed by atoms with Crippen LogP contribution in [0.4, 0.5) is 0 Å². The van der Waals surface area contributed by atoms with Crippen LogP contribution in [0.25, 0.3) is 0 Å². The molecule has 1 unspecified atom stereocenters. The molecule has 18 heavy (non-hydrogen) atoms. The summed E-state index contributed by atoms with van der Waals surface area (Å²) in [6.07, 6.45) is 6.31. The van der Waals surface area contributed by atoms with E-state index < -0.39 is 0 Å². The number of nitrogens with zero attached hydrogens (tertiary/aromatic N) is 3. The zero-order chi connectivity index (χ0) is 13.0. The number of aliphatic hydroxyl groups excluding tert-OH is 1. The smallest absolute Gasteiger partial charge is 0.0638 e. The molecule has 0 saturated carbocycles. The Morgan fingerprint density at radius 1 is 1.61 bits per heavy atom. The number of aliphatic hydroxyl groups is 1. The zero-order valence-electron chi connectivity index (χ0n) is 11.2. The molecule has 4 heteroatoms. The van der Waals surface area contributed by atoms with Gasteiger partial charge in [-0.05, 0) is 32.2 Å². The molecule has 0 aromatic carbocycles. The number of piperidine rings is 1. The van der Waals surface area contributed by atoms with Crippen LogP contribution in [0.3, 0.4) is 0 Å². The fourth-order valence-corrected chi connectivity index (χ4v) is 2.62. The summed E-state index contributed by atoms with van der Waals surface area (Å²) in [5.41, 5.74) is 2.39. The summed E-state index contributed by atoms with van der Waals surface area (Å²) in [4.78, 5) is 2.42. The number of rotatable bonds is 5. The lowest BCUT2D eigenvalue weighted by Gasteiger charge is -2.31. The lowest BCUT2D eigenvalue weighted by Crippen LogP contribution is -2.36. The fraction of sp³-hybridized carbons (Fsp3) is 0.643. The predicted octanol–water partition coefficient (Wildman–Crippen LogP) is 1.58. The number of hydrogen-bond acceptors (Lipinski definition) is 3. The lowest BCUT2D eigenvalue weighted by atomic mass is 9.98. The average molecular weight is 249 g/mol. The summed E-state index contributed by atoms with van der Waals surface area (Å²) in [5, 5.41) is 13.7. The monoisotopic (exact) mass is 249 g/mol. The summed E-state index contributed by atoms with van der Waals surface area (Å²) in [5.74, 6) is 0.447. The van der Waals surface area contributed by atoms with E-state index in [9.17, 15) is 5.11 Å². The minimum Gasteiger partial charge on any atom is -0.396 e. The Hall–Kier alpha value is -1.13. The van der Waals surface area contributed by atoms with E-state index >= 15 is 0 Å². The molecule has 1 aliphatic rings.